The average Bonchev–Trinajstić information content (AvgIpc) is 2.84. The van der Waals surface area contributed by atoms with Crippen LogP contribution in [0.25, 0.3) is 0 Å². The van der Waals surface area contributed by atoms with Crippen molar-refractivity contribution in [3.05, 3.63) is 18.2 Å². The molecule has 0 spiro atoms. The fraction of sp³-hybridized carbons (Fsp3) is 0.812. The maximum absolute atomic E-state index is 4.49. The van der Waals surface area contributed by atoms with Crippen molar-refractivity contribution in [1.82, 2.24) is 14.9 Å². The standard InChI is InChI=1S/C16H25N3/c1-2-19-4-3-17-15(19)10-18-16-13-6-11-5-12(8-13)9-14(16)7-11/h3-4,11-14,16,18H,2,5-10H2,1H3. The summed E-state index contributed by atoms with van der Waals surface area (Å²) < 4.78 is 2.25. The maximum Gasteiger partial charge on any atom is 0.122 e. The minimum absolute atomic E-state index is 0.773. The van der Waals surface area contributed by atoms with Gasteiger partial charge >= 0.3 is 0 Å². The molecule has 1 aromatic heterocycles. The van der Waals surface area contributed by atoms with E-state index in [9.17, 15) is 0 Å². The van der Waals surface area contributed by atoms with E-state index in [1.54, 1.807) is 6.42 Å². The van der Waals surface area contributed by atoms with Crippen LogP contribution in [0, 0.1) is 23.7 Å². The van der Waals surface area contributed by atoms with Gasteiger partial charge in [0.25, 0.3) is 0 Å². The molecule has 0 aliphatic heterocycles. The van der Waals surface area contributed by atoms with Gasteiger partial charge in [-0.1, -0.05) is 0 Å². The summed E-state index contributed by atoms with van der Waals surface area (Å²) in [4.78, 5) is 4.49. The Morgan fingerprint density at radius 1 is 1.16 bits per heavy atom. The highest BCUT2D eigenvalue weighted by atomic mass is 15.1. The van der Waals surface area contributed by atoms with E-state index in [2.05, 4.69) is 28.0 Å². The van der Waals surface area contributed by atoms with Crippen LogP contribution in [-0.4, -0.2) is 15.6 Å². The normalized spacial score (nSPS) is 39.9. The Hall–Kier alpha value is -0.830. The molecule has 0 aromatic carbocycles. The number of hydrogen-bond donors (Lipinski definition) is 1. The van der Waals surface area contributed by atoms with Crippen LogP contribution in [0.2, 0.25) is 0 Å². The molecule has 4 fully saturated rings. The van der Waals surface area contributed by atoms with E-state index in [4.69, 9.17) is 0 Å². The molecule has 0 atom stereocenters. The van der Waals surface area contributed by atoms with Gasteiger partial charge in [0, 0.05) is 25.0 Å². The second-order valence-electron chi connectivity index (χ2n) is 6.97. The predicted octanol–water partition coefficient (Wildman–Crippen LogP) is 2.82. The van der Waals surface area contributed by atoms with E-state index in [0.29, 0.717) is 0 Å². The summed E-state index contributed by atoms with van der Waals surface area (Å²) in [6.07, 6.45) is 11.5. The molecule has 19 heavy (non-hydrogen) atoms. The Morgan fingerprint density at radius 3 is 2.47 bits per heavy atom. The fourth-order valence-corrected chi connectivity index (χ4v) is 5.26. The maximum atomic E-state index is 4.49. The van der Waals surface area contributed by atoms with Gasteiger partial charge in [0.05, 0.1) is 6.54 Å². The first kappa shape index (κ1) is 12.0. The number of nitrogens with one attached hydrogen (secondary N) is 1. The monoisotopic (exact) mass is 259 g/mol. The molecule has 3 nitrogen and oxygen atoms in total. The summed E-state index contributed by atoms with van der Waals surface area (Å²) in [5, 5.41) is 3.86. The molecule has 3 heteroatoms. The molecule has 1 heterocycles. The highest BCUT2D eigenvalue weighted by Gasteiger charge is 2.47. The number of aryl methyl sites for hydroxylation is 1. The van der Waals surface area contributed by atoms with Crippen LogP contribution in [0.15, 0.2) is 12.4 Å². The zero-order chi connectivity index (χ0) is 12.8. The summed E-state index contributed by atoms with van der Waals surface area (Å²) in [6.45, 7) is 4.17. The molecular formula is C16H25N3. The lowest BCUT2D eigenvalue weighted by atomic mass is 9.54. The summed E-state index contributed by atoms with van der Waals surface area (Å²) >= 11 is 0. The van der Waals surface area contributed by atoms with Gasteiger partial charge < -0.3 is 9.88 Å². The molecule has 4 aliphatic carbocycles. The summed E-state index contributed by atoms with van der Waals surface area (Å²) in [5.41, 5.74) is 0. The number of rotatable bonds is 4. The van der Waals surface area contributed by atoms with Crippen molar-refractivity contribution >= 4 is 0 Å². The Morgan fingerprint density at radius 2 is 1.84 bits per heavy atom. The molecule has 0 unspecified atom stereocenters. The van der Waals surface area contributed by atoms with Crippen molar-refractivity contribution < 1.29 is 0 Å². The summed E-state index contributed by atoms with van der Waals surface area (Å²) in [5.74, 6) is 5.26. The summed E-state index contributed by atoms with van der Waals surface area (Å²) in [6, 6.07) is 0.773. The summed E-state index contributed by atoms with van der Waals surface area (Å²) in [7, 11) is 0. The Bertz CT molecular complexity index is 423. The van der Waals surface area contributed by atoms with Gasteiger partial charge in [0.2, 0.25) is 0 Å². The Balaban J connectivity index is 1.43. The third-order valence-electron chi connectivity index (χ3n) is 5.87. The predicted molar refractivity (Wildman–Crippen MR) is 75.6 cm³/mol. The Labute approximate surface area is 115 Å². The Kier molecular flexibility index (Phi) is 2.91. The smallest absolute Gasteiger partial charge is 0.122 e. The van der Waals surface area contributed by atoms with Crippen LogP contribution in [0.5, 0.6) is 0 Å². The third kappa shape index (κ3) is 2.03. The van der Waals surface area contributed by atoms with Gasteiger partial charge in [-0.05, 0) is 62.7 Å². The minimum Gasteiger partial charge on any atom is -0.334 e. The van der Waals surface area contributed by atoms with Gasteiger partial charge in [-0.15, -0.1) is 0 Å². The number of imidazole rings is 1. The highest BCUT2D eigenvalue weighted by Crippen LogP contribution is 2.53. The van der Waals surface area contributed by atoms with Crippen LogP contribution in [0.4, 0.5) is 0 Å². The van der Waals surface area contributed by atoms with Crippen LogP contribution < -0.4 is 5.32 Å². The number of hydrogen-bond acceptors (Lipinski definition) is 2. The molecule has 1 N–H and O–H groups in total. The largest absolute Gasteiger partial charge is 0.334 e. The molecule has 104 valence electrons. The van der Waals surface area contributed by atoms with Gasteiger partial charge in [0.15, 0.2) is 0 Å². The fourth-order valence-electron chi connectivity index (χ4n) is 5.26. The van der Waals surface area contributed by atoms with Crippen molar-refractivity contribution in [2.45, 2.75) is 58.2 Å². The van der Waals surface area contributed by atoms with E-state index >= 15 is 0 Å². The average molecular weight is 259 g/mol. The van der Waals surface area contributed by atoms with E-state index in [-0.39, 0.29) is 0 Å². The molecule has 4 aliphatic rings. The highest BCUT2D eigenvalue weighted by molar-refractivity contribution is 5.02. The third-order valence-corrected chi connectivity index (χ3v) is 5.87. The molecular weight excluding hydrogens is 234 g/mol. The lowest BCUT2D eigenvalue weighted by Crippen LogP contribution is -2.54. The van der Waals surface area contributed by atoms with Crippen molar-refractivity contribution in [3.63, 3.8) is 0 Å². The van der Waals surface area contributed by atoms with E-state index in [0.717, 1.165) is 42.8 Å². The molecule has 1 aromatic rings. The molecule has 4 bridgehead atoms. The van der Waals surface area contributed by atoms with Crippen LogP contribution in [0.1, 0.15) is 44.9 Å². The second-order valence-corrected chi connectivity index (χ2v) is 6.97. The van der Waals surface area contributed by atoms with Crippen LogP contribution in [-0.2, 0) is 13.1 Å². The molecule has 4 saturated carbocycles. The van der Waals surface area contributed by atoms with Crippen molar-refractivity contribution in [1.29, 1.82) is 0 Å². The minimum atomic E-state index is 0.773. The zero-order valence-electron chi connectivity index (χ0n) is 11.9. The lowest BCUT2D eigenvalue weighted by Gasteiger charge is -2.54. The SMILES string of the molecule is CCn1ccnc1CNC1C2CC3CC(C2)CC1C3. The van der Waals surface area contributed by atoms with Crippen molar-refractivity contribution in [3.8, 4) is 0 Å². The van der Waals surface area contributed by atoms with Crippen LogP contribution >= 0.6 is 0 Å². The molecule has 5 rings (SSSR count). The molecule has 0 amide bonds. The first-order chi connectivity index (χ1) is 9.33. The van der Waals surface area contributed by atoms with E-state index in [1.165, 1.54) is 31.5 Å². The number of nitrogens with zero attached hydrogens (tertiary/aromatic N) is 2. The first-order valence-electron chi connectivity index (χ1n) is 8.07. The first-order valence-corrected chi connectivity index (χ1v) is 8.07. The van der Waals surface area contributed by atoms with E-state index < -0.39 is 0 Å². The second kappa shape index (κ2) is 4.62. The van der Waals surface area contributed by atoms with Crippen molar-refractivity contribution in [2.24, 2.45) is 23.7 Å². The number of aromatic nitrogens is 2. The topological polar surface area (TPSA) is 29.9 Å². The molecule has 0 radical (unpaired) electrons. The molecule has 0 saturated heterocycles. The van der Waals surface area contributed by atoms with Gasteiger partial charge in [-0.25, -0.2) is 4.98 Å². The lowest BCUT2D eigenvalue weighted by molar-refractivity contribution is -0.0145. The van der Waals surface area contributed by atoms with Crippen LogP contribution in [0.3, 0.4) is 0 Å². The zero-order valence-corrected chi connectivity index (χ0v) is 11.9. The van der Waals surface area contributed by atoms with Gasteiger partial charge in [-0.3, -0.25) is 0 Å². The van der Waals surface area contributed by atoms with E-state index in [1.807, 2.05) is 6.20 Å². The van der Waals surface area contributed by atoms with Crippen molar-refractivity contribution in [2.75, 3.05) is 0 Å². The quantitative estimate of drug-likeness (QED) is 0.901. The van der Waals surface area contributed by atoms with Gasteiger partial charge in [-0.2, -0.15) is 0 Å². The van der Waals surface area contributed by atoms with Gasteiger partial charge in [0.1, 0.15) is 5.82 Å².